The number of hydrogen-bond acceptors (Lipinski definition) is 4. The molecule has 11 heavy (non-hydrogen) atoms. The molecule has 0 amide bonds. The molecule has 1 aromatic heterocycles. The van der Waals surface area contributed by atoms with Crippen molar-refractivity contribution < 1.29 is 0 Å². The number of nitrogens with zero attached hydrogens (tertiary/aromatic N) is 4. The van der Waals surface area contributed by atoms with Crippen LogP contribution in [-0.4, -0.2) is 26.8 Å². The maximum atomic E-state index is 3.81. The van der Waals surface area contributed by atoms with Crippen LogP contribution in [0.25, 0.3) is 0 Å². The zero-order valence-electron chi connectivity index (χ0n) is 6.49. The quantitative estimate of drug-likeness (QED) is 0.665. The lowest BCUT2D eigenvalue weighted by atomic mass is 10.4. The van der Waals surface area contributed by atoms with Gasteiger partial charge in [-0.05, 0) is 29.2 Å². The Bertz CT molecular complexity index is 239. The lowest BCUT2D eigenvalue weighted by Gasteiger charge is -2.00. The monoisotopic (exact) mass is 153 g/mol. The van der Waals surface area contributed by atoms with E-state index in [0.29, 0.717) is 0 Å². The van der Waals surface area contributed by atoms with Crippen LogP contribution in [0, 0.1) is 5.92 Å². The van der Waals surface area contributed by atoms with E-state index >= 15 is 0 Å². The Morgan fingerprint density at radius 3 is 3.00 bits per heavy atom. The predicted octanol–water partition coefficient (Wildman–Crippen LogP) is 0.0320. The SMILES string of the molecule is Cn1nnnc1NCC1CC1. The van der Waals surface area contributed by atoms with Gasteiger partial charge in [0, 0.05) is 13.6 Å². The highest BCUT2D eigenvalue weighted by Gasteiger charge is 2.21. The van der Waals surface area contributed by atoms with Crippen molar-refractivity contribution >= 4 is 5.95 Å². The van der Waals surface area contributed by atoms with Gasteiger partial charge in [0.25, 0.3) is 0 Å². The topological polar surface area (TPSA) is 55.6 Å². The Morgan fingerprint density at radius 1 is 1.64 bits per heavy atom. The Hall–Kier alpha value is -1.13. The second-order valence-electron chi connectivity index (χ2n) is 2.95. The Labute approximate surface area is 64.8 Å². The van der Waals surface area contributed by atoms with Crippen molar-refractivity contribution in [2.24, 2.45) is 13.0 Å². The minimum Gasteiger partial charge on any atom is -0.353 e. The van der Waals surface area contributed by atoms with E-state index in [-0.39, 0.29) is 0 Å². The standard InChI is InChI=1S/C6H11N5/c1-11-6(8-9-10-11)7-4-5-2-3-5/h5H,2-4H2,1H3,(H,7,8,10). The fourth-order valence-electron chi connectivity index (χ4n) is 0.937. The molecule has 0 radical (unpaired) electrons. The van der Waals surface area contributed by atoms with Crippen LogP contribution in [-0.2, 0) is 7.05 Å². The van der Waals surface area contributed by atoms with Crippen LogP contribution >= 0.6 is 0 Å². The third kappa shape index (κ3) is 1.47. The molecule has 0 aliphatic heterocycles. The molecule has 0 spiro atoms. The number of rotatable bonds is 3. The molecule has 0 unspecified atom stereocenters. The highest BCUT2D eigenvalue weighted by atomic mass is 15.6. The summed E-state index contributed by atoms with van der Waals surface area (Å²) >= 11 is 0. The molecule has 60 valence electrons. The number of nitrogens with one attached hydrogen (secondary N) is 1. The number of tetrazole rings is 1. The molecule has 0 saturated heterocycles. The van der Waals surface area contributed by atoms with Crippen LogP contribution in [0.4, 0.5) is 5.95 Å². The van der Waals surface area contributed by atoms with E-state index in [4.69, 9.17) is 0 Å². The summed E-state index contributed by atoms with van der Waals surface area (Å²) in [6.45, 7) is 1.01. The van der Waals surface area contributed by atoms with Gasteiger partial charge in [-0.1, -0.05) is 5.10 Å². The Balaban J connectivity index is 1.89. The second kappa shape index (κ2) is 2.48. The van der Waals surface area contributed by atoms with Crippen LogP contribution in [0.5, 0.6) is 0 Å². The van der Waals surface area contributed by atoms with Gasteiger partial charge in [0.05, 0.1) is 0 Å². The second-order valence-corrected chi connectivity index (χ2v) is 2.95. The van der Waals surface area contributed by atoms with Crippen molar-refractivity contribution in [2.75, 3.05) is 11.9 Å². The van der Waals surface area contributed by atoms with Crippen molar-refractivity contribution in [1.82, 2.24) is 20.2 Å². The van der Waals surface area contributed by atoms with E-state index in [1.54, 1.807) is 4.68 Å². The smallest absolute Gasteiger partial charge is 0.242 e. The number of aryl methyl sites for hydroxylation is 1. The van der Waals surface area contributed by atoms with Gasteiger partial charge in [-0.2, -0.15) is 0 Å². The van der Waals surface area contributed by atoms with Crippen LogP contribution in [0.3, 0.4) is 0 Å². The minimum absolute atomic E-state index is 0.761. The maximum absolute atomic E-state index is 3.81. The molecule has 0 aromatic carbocycles. The number of hydrogen-bond donors (Lipinski definition) is 1. The number of anilines is 1. The van der Waals surface area contributed by atoms with Crippen LogP contribution in [0.15, 0.2) is 0 Å². The summed E-state index contributed by atoms with van der Waals surface area (Å²) in [5.74, 6) is 1.61. The maximum Gasteiger partial charge on any atom is 0.242 e. The molecule has 0 atom stereocenters. The van der Waals surface area contributed by atoms with Gasteiger partial charge in [-0.25, -0.2) is 4.68 Å². The molecular weight excluding hydrogens is 142 g/mol. The summed E-state index contributed by atoms with van der Waals surface area (Å²) < 4.78 is 1.64. The molecule has 1 aliphatic rings. The summed E-state index contributed by atoms with van der Waals surface area (Å²) in [4.78, 5) is 0. The largest absolute Gasteiger partial charge is 0.353 e. The highest BCUT2D eigenvalue weighted by Crippen LogP contribution is 2.28. The molecule has 1 aliphatic carbocycles. The Morgan fingerprint density at radius 2 is 2.45 bits per heavy atom. The molecule has 1 saturated carbocycles. The van der Waals surface area contributed by atoms with Gasteiger partial charge in [0.2, 0.25) is 5.95 Å². The van der Waals surface area contributed by atoms with Crippen molar-refractivity contribution in [2.45, 2.75) is 12.8 Å². The normalized spacial score (nSPS) is 16.8. The third-order valence-corrected chi connectivity index (χ3v) is 1.87. The van der Waals surface area contributed by atoms with Crippen molar-refractivity contribution in [1.29, 1.82) is 0 Å². The fraction of sp³-hybridized carbons (Fsp3) is 0.833. The predicted molar refractivity (Wildman–Crippen MR) is 40.0 cm³/mol. The van der Waals surface area contributed by atoms with Crippen LogP contribution < -0.4 is 5.32 Å². The summed E-state index contributed by atoms with van der Waals surface area (Å²) in [6.07, 6.45) is 2.69. The van der Waals surface area contributed by atoms with E-state index in [1.165, 1.54) is 12.8 Å². The van der Waals surface area contributed by atoms with E-state index in [1.807, 2.05) is 7.05 Å². The zero-order valence-corrected chi connectivity index (χ0v) is 6.49. The van der Waals surface area contributed by atoms with Gasteiger partial charge >= 0.3 is 0 Å². The van der Waals surface area contributed by atoms with E-state index in [2.05, 4.69) is 20.8 Å². The molecule has 5 heteroatoms. The highest BCUT2D eigenvalue weighted by molar-refractivity contribution is 5.21. The van der Waals surface area contributed by atoms with Crippen molar-refractivity contribution in [3.05, 3.63) is 0 Å². The van der Waals surface area contributed by atoms with Gasteiger partial charge in [-0.3, -0.25) is 0 Å². The van der Waals surface area contributed by atoms with Crippen molar-refractivity contribution in [3.63, 3.8) is 0 Å². The van der Waals surface area contributed by atoms with Gasteiger partial charge in [-0.15, -0.1) is 0 Å². The van der Waals surface area contributed by atoms with Gasteiger partial charge < -0.3 is 5.32 Å². The molecule has 1 heterocycles. The van der Waals surface area contributed by atoms with E-state index in [9.17, 15) is 0 Å². The first kappa shape index (κ1) is 6.57. The average molecular weight is 153 g/mol. The molecule has 2 rings (SSSR count). The molecule has 0 bridgehead atoms. The molecule has 1 aromatic rings. The van der Waals surface area contributed by atoms with Crippen molar-refractivity contribution in [3.8, 4) is 0 Å². The third-order valence-electron chi connectivity index (χ3n) is 1.87. The van der Waals surface area contributed by atoms with E-state index in [0.717, 1.165) is 18.4 Å². The first-order valence-electron chi connectivity index (χ1n) is 3.82. The summed E-state index contributed by atoms with van der Waals surface area (Å²) in [7, 11) is 1.83. The van der Waals surface area contributed by atoms with Crippen LogP contribution in [0.2, 0.25) is 0 Å². The molecule has 5 nitrogen and oxygen atoms in total. The van der Waals surface area contributed by atoms with Crippen LogP contribution in [0.1, 0.15) is 12.8 Å². The summed E-state index contributed by atoms with van der Waals surface area (Å²) in [5, 5.41) is 14.2. The lowest BCUT2D eigenvalue weighted by Crippen LogP contribution is -2.08. The molecule has 1 N–H and O–H groups in total. The fourth-order valence-corrected chi connectivity index (χ4v) is 0.937. The summed E-state index contributed by atoms with van der Waals surface area (Å²) in [6, 6.07) is 0. The summed E-state index contributed by atoms with van der Waals surface area (Å²) in [5.41, 5.74) is 0. The first-order valence-corrected chi connectivity index (χ1v) is 3.82. The first-order chi connectivity index (χ1) is 5.36. The lowest BCUT2D eigenvalue weighted by molar-refractivity contribution is 0.709. The Kier molecular flexibility index (Phi) is 1.48. The molecular formula is C6H11N5. The van der Waals surface area contributed by atoms with Gasteiger partial charge in [0.1, 0.15) is 0 Å². The average Bonchev–Trinajstić information content (AvgIpc) is 2.73. The minimum atomic E-state index is 0.761. The number of aromatic nitrogens is 4. The zero-order chi connectivity index (χ0) is 7.68. The van der Waals surface area contributed by atoms with E-state index < -0.39 is 0 Å². The molecule has 1 fully saturated rings. The van der Waals surface area contributed by atoms with Gasteiger partial charge in [0.15, 0.2) is 0 Å².